The van der Waals surface area contributed by atoms with Crippen LogP contribution in [0.4, 0.5) is 0 Å². The smallest absolute Gasteiger partial charge is 0.261 e. The Labute approximate surface area is 146 Å². The second-order valence-corrected chi connectivity index (χ2v) is 5.50. The molecule has 1 heterocycles. The van der Waals surface area contributed by atoms with Crippen LogP contribution >= 0.6 is 0 Å². The molecule has 126 valence electrons. The number of carbonyl (C=O) groups is 1. The van der Waals surface area contributed by atoms with Crippen LogP contribution in [0.25, 0.3) is 6.08 Å². The fraction of sp³-hybridized carbons (Fsp3) is 0.100. The number of rotatable bonds is 5. The topological polar surface area (TPSA) is 70.9 Å². The van der Waals surface area contributed by atoms with Crippen molar-refractivity contribution in [2.24, 2.45) is 4.99 Å². The average molecular weight is 334 g/mol. The highest BCUT2D eigenvalue weighted by Gasteiger charge is 2.25. The van der Waals surface area contributed by atoms with Gasteiger partial charge in [0.05, 0.1) is 19.4 Å². The van der Waals surface area contributed by atoms with Gasteiger partial charge in [-0.15, -0.1) is 0 Å². The Hall–Kier alpha value is -3.34. The number of aliphatic hydroxyl groups excluding tert-OH is 1. The van der Waals surface area contributed by atoms with Crippen LogP contribution in [0.2, 0.25) is 0 Å². The molecule has 3 rings (SSSR count). The molecule has 2 aromatic rings. The third-order valence-electron chi connectivity index (χ3n) is 3.77. The van der Waals surface area contributed by atoms with Gasteiger partial charge in [0.15, 0.2) is 5.76 Å². The zero-order chi connectivity index (χ0) is 17.6. The molecule has 0 aliphatic carbocycles. The minimum atomic E-state index is -0.367. The molecule has 0 saturated heterocycles. The van der Waals surface area contributed by atoms with E-state index in [1.54, 1.807) is 13.2 Å². The second-order valence-electron chi connectivity index (χ2n) is 5.50. The molecule has 1 aliphatic rings. The molecule has 25 heavy (non-hydrogen) atoms. The van der Waals surface area contributed by atoms with Crippen LogP contribution in [-0.4, -0.2) is 24.3 Å². The number of aliphatic imine (C=N–C) groups is 1. The number of methoxy groups -OCH3 is 1. The van der Waals surface area contributed by atoms with Crippen molar-refractivity contribution >= 4 is 18.2 Å². The Bertz CT molecular complexity index is 850. The number of hydrogen-bond acceptors (Lipinski definition) is 4. The molecule has 0 spiro atoms. The Kier molecular flexibility index (Phi) is 4.95. The lowest BCUT2D eigenvalue weighted by Crippen LogP contribution is -2.16. The maximum atomic E-state index is 12.0. The van der Waals surface area contributed by atoms with Gasteiger partial charge in [0.2, 0.25) is 0 Å². The van der Waals surface area contributed by atoms with E-state index in [1.807, 2.05) is 54.6 Å². The summed E-state index contributed by atoms with van der Waals surface area (Å²) >= 11 is 0. The zero-order valence-electron chi connectivity index (χ0n) is 13.8. The van der Waals surface area contributed by atoms with Crippen molar-refractivity contribution in [3.63, 3.8) is 0 Å². The van der Waals surface area contributed by atoms with Gasteiger partial charge in [-0.2, -0.15) is 0 Å². The molecule has 1 amide bonds. The lowest BCUT2D eigenvalue weighted by molar-refractivity contribution is -0.115. The summed E-state index contributed by atoms with van der Waals surface area (Å²) in [4.78, 5) is 16.3. The van der Waals surface area contributed by atoms with E-state index in [0.29, 0.717) is 12.2 Å². The van der Waals surface area contributed by atoms with Crippen LogP contribution < -0.4 is 10.1 Å². The minimum Gasteiger partial charge on any atom is -0.505 e. The van der Waals surface area contributed by atoms with E-state index < -0.39 is 0 Å². The molecule has 0 bridgehead atoms. The van der Waals surface area contributed by atoms with E-state index in [2.05, 4.69) is 10.3 Å². The molecule has 0 unspecified atom stereocenters. The van der Waals surface area contributed by atoms with E-state index in [4.69, 9.17) is 4.74 Å². The summed E-state index contributed by atoms with van der Waals surface area (Å²) in [6, 6.07) is 17.0. The summed E-state index contributed by atoms with van der Waals surface area (Å²) < 4.78 is 5.11. The van der Waals surface area contributed by atoms with E-state index >= 15 is 0 Å². The van der Waals surface area contributed by atoms with Crippen LogP contribution in [0, 0.1) is 0 Å². The van der Waals surface area contributed by atoms with Crippen LogP contribution in [0.15, 0.2) is 76.6 Å². The number of hydrogen-bond donors (Lipinski definition) is 2. The first-order chi connectivity index (χ1) is 12.2. The highest BCUT2D eigenvalue weighted by molar-refractivity contribution is 6.16. The molecular formula is C20H18N2O3. The molecule has 5 nitrogen and oxygen atoms in total. The number of ether oxygens (including phenoxy) is 1. The van der Waals surface area contributed by atoms with Crippen molar-refractivity contribution in [2.45, 2.75) is 6.54 Å². The number of nitrogens with one attached hydrogen (secondary N) is 1. The molecule has 0 fully saturated rings. The maximum absolute atomic E-state index is 12.0. The lowest BCUT2D eigenvalue weighted by atomic mass is 10.1. The zero-order valence-corrected chi connectivity index (χ0v) is 13.8. The molecule has 1 aliphatic heterocycles. The predicted molar refractivity (Wildman–Crippen MR) is 97.4 cm³/mol. The highest BCUT2D eigenvalue weighted by atomic mass is 16.5. The van der Waals surface area contributed by atoms with Crippen molar-refractivity contribution in [3.05, 3.63) is 82.8 Å². The molecule has 0 radical (unpaired) electrons. The first-order valence-corrected chi connectivity index (χ1v) is 7.82. The normalized spacial score (nSPS) is 15.9. The fourth-order valence-corrected chi connectivity index (χ4v) is 2.42. The van der Waals surface area contributed by atoms with Crippen molar-refractivity contribution in [1.82, 2.24) is 5.32 Å². The number of aliphatic hydroxyl groups is 1. The Morgan fingerprint density at radius 1 is 1.12 bits per heavy atom. The van der Waals surface area contributed by atoms with Crippen molar-refractivity contribution < 1.29 is 14.6 Å². The van der Waals surface area contributed by atoms with Gasteiger partial charge in [-0.3, -0.25) is 9.79 Å². The summed E-state index contributed by atoms with van der Waals surface area (Å²) in [5.41, 5.74) is 2.39. The van der Waals surface area contributed by atoms with Crippen molar-refractivity contribution in [1.29, 1.82) is 0 Å². The van der Waals surface area contributed by atoms with E-state index in [0.717, 1.165) is 16.9 Å². The first kappa shape index (κ1) is 16.5. The third-order valence-corrected chi connectivity index (χ3v) is 3.77. The average Bonchev–Trinajstić information content (AvgIpc) is 2.90. The minimum absolute atomic E-state index is 0.0994. The van der Waals surface area contributed by atoms with Crippen LogP contribution in [0.5, 0.6) is 5.75 Å². The highest BCUT2D eigenvalue weighted by Crippen LogP contribution is 2.21. The summed E-state index contributed by atoms with van der Waals surface area (Å²) in [5.74, 6) is 0.276. The van der Waals surface area contributed by atoms with E-state index in [1.165, 1.54) is 6.21 Å². The number of nitrogens with zero attached hydrogens (tertiary/aromatic N) is 1. The Balaban J connectivity index is 1.77. The molecule has 2 N–H and O–H groups in total. The molecule has 5 heteroatoms. The van der Waals surface area contributed by atoms with Gasteiger partial charge in [0, 0.05) is 6.21 Å². The predicted octanol–water partition coefficient (Wildman–Crippen LogP) is 3.25. The maximum Gasteiger partial charge on any atom is 0.261 e. The summed E-state index contributed by atoms with van der Waals surface area (Å²) in [5, 5.41) is 12.9. The second kappa shape index (κ2) is 7.49. The SMILES string of the molecule is COc1ccc(/C=C2/NC(=O)C(C=NCc3ccccc3)=C2O)cc1. The van der Waals surface area contributed by atoms with E-state index in [9.17, 15) is 9.90 Å². The largest absolute Gasteiger partial charge is 0.505 e. The molecule has 2 aromatic carbocycles. The van der Waals surface area contributed by atoms with Gasteiger partial charge in [-0.1, -0.05) is 42.5 Å². The molecule has 0 atom stereocenters. The van der Waals surface area contributed by atoms with E-state index in [-0.39, 0.29) is 17.2 Å². The lowest BCUT2D eigenvalue weighted by Gasteiger charge is -2.01. The Morgan fingerprint density at radius 2 is 1.84 bits per heavy atom. The van der Waals surface area contributed by atoms with Crippen LogP contribution in [0.3, 0.4) is 0 Å². The summed E-state index contributed by atoms with van der Waals surface area (Å²) in [6.07, 6.45) is 3.11. The number of amides is 1. The first-order valence-electron chi connectivity index (χ1n) is 7.82. The van der Waals surface area contributed by atoms with Crippen molar-refractivity contribution in [3.8, 4) is 5.75 Å². The number of benzene rings is 2. The van der Waals surface area contributed by atoms with Crippen molar-refractivity contribution in [2.75, 3.05) is 7.11 Å². The Morgan fingerprint density at radius 3 is 2.52 bits per heavy atom. The number of carbonyl (C=O) groups excluding carboxylic acids is 1. The summed E-state index contributed by atoms with van der Waals surface area (Å²) in [6.45, 7) is 0.447. The molecular weight excluding hydrogens is 316 g/mol. The standard InChI is InChI=1S/C20H18N2O3/c1-25-16-9-7-14(8-10-16)11-18-19(23)17(20(24)22-18)13-21-12-15-5-3-2-4-6-15/h2-11,13,23H,12H2,1H3,(H,22,24)/b18-11+,21-13?. The molecule has 0 aromatic heterocycles. The van der Waals surface area contributed by atoms with Crippen LogP contribution in [0.1, 0.15) is 11.1 Å². The summed E-state index contributed by atoms with van der Waals surface area (Å²) in [7, 11) is 1.60. The van der Waals surface area contributed by atoms with Gasteiger partial charge >= 0.3 is 0 Å². The van der Waals surface area contributed by atoms with Gasteiger partial charge in [0.1, 0.15) is 11.3 Å². The van der Waals surface area contributed by atoms with Gasteiger partial charge < -0.3 is 15.2 Å². The van der Waals surface area contributed by atoms with Gasteiger partial charge in [-0.25, -0.2) is 0 Å². The van der Waals surface area contributed by atoms with Gasteiger partial charge in [0.25, 0.3) is 5.91 Å². The van der Waals surface area contributed by atoms with Crippen LogP contribution in [-0.2, 0) is 11.3 Å². The quantitative estimate of drug-likeness (QED) is 0.825. The molecule has 0 saturated carbocycles. The third kappa shape index (κ3) is 3.95. The monoisotopic (exact) mass is 334 g/mol. The fourth-order valence-electron chi connectivity index (χ4n) is 2.42. The van der Waals surface area contributed by atoms with Gasteiger partial charge in [-0.05, 0) is 29.3 Å².